The lowest BCUT2D eigenvalue weighted by molar-refractivity contribution is 0.0784. The highest BCUT2D eigenvalue weighted by molar-refractivity contribution is 5.94. The van der Waals surface area contributed by atoms with Crippen LogP contribution in [0.15, 0.2) is 23.1 Å². The van der Waals surface area contributed by atoms with Crippen LogP contribution in [0.3, 0.4) is 0 Å². The number of carbonyl (C=O) groups excluding carboxylic acids is 1. The Hall–Kier alpha value is -1.62. The van der Waals surface area contributed by atoms with E-state index in [0.29, 0.717) is 18.0 Å². The van der Waals surface area contributed by atoms with E-state index in [2.05, 4.69) is 4.98 Å². The molecular formula is C12H16N2O3. The van der Waals surface area contributed by atoms with Gasteiger partial charge in [-0.05, 0) is 24.8 Å². The Labute approximate surface area is 99.1 Å². The highest BCUT2D eigenvalue weighted by Gasteiger charge is 2.26. The van der Waals surface area contributed by atoms with Gasteiger partial charge in [0.05, 0.1) is 5.56 Å². The van der Waals surface area contributed by atoms with Crippen molar-refractivity contribution in [3.8, 4) is 0 Å². The first-order chi connectivity index (χ1) is 8.20. The molecule has 0 bridgehead atoms. The molecule has 0 aromatic carbocycles. The van der Waals surface area contributed by atoms with Crippen molar-refractivity contribution in [3.05, 3.63) is 34.2 Å². The average molecular weight is 236 g/mol. The summed E-state index contributed by atoms with van der Waals surface area (Å²) in [7, 11) is 0. The van der Waals surface area contributed by atoms with Crippen LogP contribution in [0.4, 0.5) is 0 Å². The van der Waals surface area contributed by atoms with Crippen LogP contribution < -0.4 is 5.56 Å². The van der Waals surface area contributed by atoms with Gasteiger partial charge in [-0.1, -0.05) is 0 Å². The van der Waals surface area contributed by atoms with Crippen LogP contribution in [-0.4, -0.2) is 40.6 Å². The molecule has 1 atom stereocenters. The largest absolute Gasteiger partial charge is 0.396 e. The summed E-state index contributed by atoms with van der Waals surface area (Å²) in [6.07, 6.45) is 3.13. The van der Waals surface area contributed by atoms with Gasteiger partial charge >= 0.3 is 0 Å². The first-order valence-corrected chi connectivity index (χ1v) is 5.79. The second kappa shape index (κ2) is 5.14. The third-order valence-corrected chi connectivity index (χ3v) is 3.14. The van der Waals surface area contributed by atoms with E-state index < -0.39 is 0 Å². The number of hydrogen-bond acceptors (Lipinski definition) is 3. The molecule has 1 fully saturated rings. The zero-order chi connectivity index (χ0) is 12.3. The van der Waals surface area contributed by atoms with Crippen LogP contribution in [0.2, 0.25) is 0 Å². The molecule has 17 heavy (non-hydrogen) atoms. The zero-order valence-corrected chi connectivity index (χ0v) is 9.56. The van der Waals surface area contributed by atoms with Gasteiger partial charge < -0.3 is 15.0 Å². The maximum atomic E-state index is 12.0. The number of aliphatic hydroxyl groups excluding tert-OH is 1. The molecular weight excluding hydrogens is 220 g/mol. The van der Waals surface area contributed by atoms with Gasteiger partial charge in [0, 0.05) is 32.0 Å². The predicted molar refractivity (Wildman–Crippen MR) is 62.8 cm³/mol. The van der Waals surface area contributed by atoms with Crippen LogP contribution in [0.25, 0.3) is 0 Å². The molecule has 0 aliphatic carbocycles. The van der Waals surface area contributed by atoms with Gasteiger partial charge in [-0.15, -0.1) is 0 Å². The first-order valence-electron chi connectivity index (χ1n) is 5.79. The number of amides is 1. The van der Waals surface area contributed by atoms with Crippen LogP contribution >= 0.6 is 0 Å². The minimum atomic E-state index is -0.207. The Morgan fingerprint density at radius 1 is 1.53 bits per heavy atom. The van der Waals surface area contributed by atoms with Crippen molar-refractivity contribution in [1.29, 1.82) is 0 Å². The molecule has 1 amide bonds. The van der Waals surface area contributed by atoms with Crippen LogP contribution in [0, 0.1) is 5.92 Å². The number of nitrogens with one attached hydrogen (secondary N) is 1. The highest BCUT2D eigenvalue weighted by Crippen LogP contribution is 2.20. The molecule has 5 heteroatoms. The van der Waals surface area contributed by atoms with E-state index in [0.717, 1.165) is 19.4 Å². The standard InChI is InChI=1S/C12H16N2O3/c15-6-4-9-3-5-14(8-9)12(17)10-1-2-11(16)13-7-10/h1-2,7,9,15H,3-6,8H2,(H,13,16). The summed E-state index contributed by atoms with van der Waals surface area (Å²) in [6.45, 7) is 1.59. The number of aromatic nitrogens is 1. The van der Waals surface area contributed by atoms with E-state index in [1.807, 2.05) is 0 Å². The molecule has 2 N–H and O–H groups in total. The summed E-state index contributed by atoms with van der Waals surface area (Å²) in [5, 5.41) is 8.86. The summed E-state index contributed by atoms with van der Waals surface area (Å²) in [4.78, 5) is 27.2. The third-order valence-electron chi connectivity index (χ3n) is 3.14. The fourth-order valence-electron chi connectivity index (χ4n) is 2.16. The molecule has 1 aliphatic rings. The number of H-pyrrole nitrogens is 1. The van der Waals surface area contributed by atoms with Crippen molar-refractivity contribution in [2.45, 2.75) is 12.8 Å². The SMILES string of the molecule is O=C(c1ccc(=O)[nH]c1)N1CCC(CCO)C1. The van der Waals surface area contributed by atoms with Gasteiger partial charge in [-0.3, -0.25) is 9.59 Å². The summed E-state index contributed by atoms with van der Waals surface area (Å²) in [5.74, 6) is 0.341. The average Bonchev–Trinajstić information content (AvgIpc) is 2.78. The monoisotopic (exact) mass is 236 g/mol. The van der Waals surface area contributed by atoms with E-state index in [9.17, 15) is 9.59 Å². The van der Waals surface area contributed by atoms with Gasteiger partial charge in [0.1, 0.15) is 0 Å². The third kappa shape index (κ3) is 2.74. The Morgan fingerprint density at radius 3 is 3.00 bits per heavy atom. The second-order valence-corrected chi connectivity index (χ2v) is 4.36. The minimum absolute atomic E-state index is 0.0540. The topological polar surface area (TPSA) is 73.4 Å². The maximum absolute atomic E-state index is 12.0. The summed E-state index contributed by atoms with van der Waals surface area (Å²) in [5.41, 5.74) is 0.301. The number of aromatic amines is 1. The zero-order valence-electron chi connectivity index (χ0n) is 9.56. The quantitative estimate of drug-likeness (QED) is 0.788. The molecule has 0 radical (unpaired) electrons. The predicted octanol–water partition coefficient (Wildman–Crippen LogP) is 0.219. The molecule has 0 saturated carbocycles. The second-order valence-electron chi connectivity index (χ2n) is 4.36. The van der Waals surface area contributed by atoms with Crippen LogP contribution in [0.5, 0.6) is 0 Å². The molecule has 1 aromatic rings. The molecule has 5 nitrogen and oxygen atoms in total. The van der Waals surface area contributed by atoms with E-state index in [-0.39, 0.29) is 18.1 Å². The fraction of sp³-hybridized carbons (Fsp3) is 0.500. The number of likely N-dealkylation sites (tertiary alicyclic amines) is 1. The van der Waals surface area contributed by atoms with Crippen molar-refractivity contribution in [1.82, 2.24) is 9.88 Å². The Balaban J connectivity index is 2.02. The van der Waals surface area contributed by atoms with Crippen molar-refractivity contribution < 1.29 is 9.90 Å². The highest BCUT2D eigenvalue weighted by atomic mass is 16.3. The normalized spacial score (nSPS) is 19.6. The van der Waals surface area contributed by atoms with Crippen molar-refractivity contribution in [2.75, 3.05) is 19.7 Å². The molecule has 0 spiro atoms. The summed E-state index contributed by atoms with van der Waals surface area (Å²) in [6, 6.07) is 2.90. The summed E-state index contributed by atoms with van der Waals surface area (Å²) >= 11 is 0. The van der Waals surface area contributed by atoms with Crippen molar-refractivity contribution in [3.63, 3.8) is 0 Å². The van der Waals surface area contributed by atoms with Gasteiger partial charge in [0.2, 0.25) is 5.56 Å². The number of hydrogen-bond donors (Lipinski definition) is 2. The lowest BCUT2D eigenvalue weighted by Crippen LogP contribution is -2.29. The number of nitrogens with zero attached hydrogens (tertiary/aromatic N) is 1. The molecule has 1 saturated heterocycles. The number of rotatable bonds is 3. The molecule has 92 valence electrons. The first kappa shape index (κ1) is 11.9. The number of pyridine rings is 1. The van der Waals surface area contributed by atoms with E-state index in [1.54, 1.807) is 11.0 Å². The van der Waals surface area contributed by atoms with E-state index in [1.165, 1.54) is 12.3 Å². The molecule has 1 unspecified atom stereocenters. The maximum Gasteiger partial charge on any atom is 0.255 e. The van der Waals surface area contributed by atoms with E-state index >= 15 is 0 Å². The Bertz CT molecular complexity index is 435. The molecule has 1 aromatic heterocycles. The van der Waals surface area contributed by atoms with Crippen molar-refractivity contribution in [2.24, 2.45) is 5.92 Å². The molecule has 2 heterocycles. The number of aliphatic hydroxyl groups is 1. The Kier molecular flexibility index (Phi) is 3.58. The van der Waals surface area contributed by atoms with Crippen LogP contribution in [-0.2, 0) is 0 Å². The lowest BCUT2D eigenvalue weighted by atomic mass is 10.1. The van der Waals surface area contributed by atoms with Gasteiger partial charge in [-0.25, -0.2) is 0 Å². The molecule has 2 rings (SSSR count). The fourth-order valence-corrected chi connectivity index (χ4v) is 2.16. The minimum Gasteiger partial charge on any atom is -0.396 e. The lowest BCUT2D eigenvalue weighted by Gasteiger charge is -2.16. The van der Waals surface area contributed by atoms with Gasteiger partial charge in [0.15, 0.2) is 0 Å². The summed E-state index contributed by atoms with van der Waals surface area (Å²) < 4.78 is 0. The van der Waals surface area contributed by atoms with Crippen molar-refractivity contribution >= 4 is 5.91 Å². The molecule has 1 aliphatic heterocycles. The smallest absolute Gasteiger partial charge is 0.255 e. The Morgan fingerprint density at radius 2 is 2.35 bits per heavy atom. The van der Waals surface area contributed by atoms with E-state index in [4.69, 9.17) is 5.11 Å². The van der Waals surface area contributed by atoms with Gasteiger partial charge in [-0.2, -0.15) is 0 Å². The van der Waals surface area contributed by atoms with Crippen LogP contribution in [0.1, 0.15) is 23.2 Å². The number of carbonyl (C=O) groups is 1. The van der Waals surface area contributed by atoms with Gasteiger partial charge in [0.25, 0.3) is 5.91 Å².